The molecule has 7 nitrogen and oxygen atoms in total. The quantitative estimate of drug-likeness (QED) is 0.164. The van der Waals surface area contributed by atoms with Crippen molar-refractivity contribution in [3.8, 4) is 0 Å². The molecule has 206 valence electrons. The molecule has 1 fully saturated rings. The number of hydrogen-bond acceptors (Lipinski definition) is 5. The van der Waals surface area contributed by atoms with E-state index in [0.29, 0.717) is 34.6 Å². The fourth-order valence-electron chi connectivity index (χ4n) is 4.95. The van der Waals surface area contributed by atoms with Crippen LogP contribution in [0, 0.1) is 0 Å². The highest BCUT2D eigenvalue weighted by molar-refractivity contribution is 6.33. The van der Waals surface area contributed by atoms with Crippen molar-refractivity contribution in [2.75, 3.05) is 50.1 Å². The number of hydrogen-bond donors (Lipinski definition) is 1. The van der Waals surface area contributed by atoms with Crippen LogP contribution in [-0.2, 0) is 17.6 Å². The number of aryl methyl sites for hydroxylation is 2. The van der Waals surface area contributed by atoms with E-state index in [0.717, 1.165) is 49.0 Å². The van der Waals surface area contributed by atoms with E-state index < -0.39 is 6.17 Å². The molecule has 2 aromatic rings. The Morgan fingerprint density at radius 3 is 2.50 bits per heavy atom. The molecule has 1 N–H and O–H groups in total. The lowest BCUT2D eigenvalue weighted by Crippen LogP contribution is -2.49. The molecule has 1 saturated heterocycles. The van der Waals surface area contributed by atoms with Gasteiger partial charge in [-0.2, -0.15) is 0 Å². The Bertz CT molecular complexity index is 1130. The number of aromatic nitrogens is 1. The van der Waals surface area contributed by atoms with Gasteiger partial charge in [0.25, 0.3) is 0 Å². The number of amidine groups is 1. The number of halogens is 2. The topological polar surface area (TPSA) is 64.1 Å². The predicted molar refractivity (Wildman–Crippen MR) is 157 cm³/mol. The van der Waals surface area contributed by atoms with Gasteiger partial charge in [0.2, 0.25) is 6.41 Å². The molecule has 0 radical (unpaired) electrons. The van der Waals surface area contributed by atoms with Crippen molar-refractivity contribution in [3.05, 3.63) is 58.6 Å². The summed E-state index contributed by atoms with van der Waals surface area (Å²) in [5, 5.41) is 3.64. The standard InChI is InChI=1S/C29H40ClFN6O/c1-7-10-14-36(20(4)16-32-5)27(33-6)24-15-25(30)29(35-17-23(31)18-35)34-28(24)37(19-38)26-21(8-2)12-11-13-22(26)9-3/h7,11-13,15,19-20,23,32H,1,8-10,14,16-18H2,2-6H3/b33-27+. The van der Waals surface area contributed by atoms with Crippen LogP contribution >= 0.6 is 11.6 Å². The summed E-state index contributed by atoms with van der Waals surface area (Å²) in [5.41, 5.74) is 3.54. The first-order chi connectivity index (χ1) is 18.3. The van der Waals surface area contributed by atoms with Gasteiger partial charge in [0, 0.05) is 26.2 Å². The summed E-state index contributed by atoms with van der Waals surface area (Å²) in [7, 11) is 3.65. The summed E-state index contributed by atoms with van der Waals surface area (Å²) in [5.74, 6) is 1.57. The van der Waals surface area contributed by atoms with Gasteiger partial charge in [-0.1, -0.05) is 49.7 Å². The lowest BCUT2D eigenvalue weighted by atomic mass is 10.0. The van der Waals surface area contributed by atoms with Gasteiger partial charge in [0.1, 0.15) is 17.8 Å². The van der Waals surface area contributed by atoms with Gasteiger partial charge in [-0.15, -0.1) is 6.58 Å². The molecule has 1 amide bonds. The molecule has 0 aliphatic carbocycles. The molecule has 1 aromatic heterocycles. The Morgan fingerprint density at radius 2 is 2.00 bits per heavy atom. The zero-order chi connectivity index (χ0) is 27.8. The van der Waals surface area contributed by atoms with Crippen LogP contribution in [0.15, 0.2) is 41.9 Å². The second-order valence-corrected chi connectivity index (χ2v) is 9.91. The van der Waals surface area contributed by atoms with Gasteiger partial charge >= 0.3 is 0 Å². The number of likely N-dealkylation sites (N-methyl/N-ethyl adjacent to an activating group) is 1. The predicted octanol–water partition coefficient (Wildman–Crippen LogP) is 5.17. The zero-order valence-electron chi connectivity index (χ0n) is 23.2. The molecule has 1 aliphatic heterocycles. The number of pyridine rings is 1. The number of anilines is 3. The van der Waals surface area contributed by atoms with Gasteiger partial charge < -0.3 is 15.1 Å². The van der Waals surface area contributed by atoms with Crippen molar-refractivity contribution in [1.82, 2.24) is 15.2 Å². The maximum atomic E-state index is 13.8. The summed E-state index contributed by atoms with van der Waals surface area (Å²) in [6.45, 7) is 12.0. The fraction of sp³-hybridized carbons (Fsp3) is 0.483. The van der Waals surface area contributed by atoms with Crippen LogP contribution in [0.25, 0.3) is 0 Å². The van der Waals surface area contributed by atoms with Crippen molar-refractivity contribution < 1.29 is 9.18 Å². The summed E-state index contributed by atoms with van der Waals surface area (Å²) in [4.78, 5) is 28.1. The lowest BCUT2D eigenvalue weighted by molar-refractivity contribution is -0.106. The van der Waals surface area contributed by atoms with Crippen LogP contribution in [0.4, 0.5) is 21.7 Å². The van der Waals surface area contributed by atoms with Gasteiger partial charge in [-0.3, -0.25) is 14.7 Å². The smallest absolute Gasteiger partial charge is 0.219 e. The minimum absolute atomic E-state index is 0.0893. The average Bonchev–Trinajstić information content (AvgIpc) is 2.90. The number of carbonyl (C=O) groups is 1. The minimum atomic E-state index is -0.921. The molecule has 1 aliphatic rings. The molecule has 1 atom stereocenters. The van der Waals surface area contributed by atoms with Crippen molar-refractivity contribution in [2.24, 2.45) is 4.99 Å². The molecule has 38 heavy (non-hydrogen) atoms. The Morgan fingerprint density at radius 1 is 1.34 bits per heavy atom. The van der Waals surface area contributed by atoms with Crippen LogP contribution in [0.3, 0.4) is 0 Å². The summed E-state index contributed by atoms with van der Waals surface area (Å²) in [6.07, 6.45) is 4.01. The summed E-state index contributed by atoms with van der Waals surface area (Å²) < 4.78 is 13.8. The minimum Gasteiger partial charge on any atom is -0.352 e. The first kappa shape index (κ1) is 29.6. The van der Waals surface area contributed by atoms with E-state index in [2.05, 4.69) is 37.6 Å². The van der Waals surface area contributed by atoms with Crippen LogP contribution in [0.5, 0.6) is 0 Å². The molecule has 0 saturated carbocycles. The molecule has 0 bridgehead atoms. The normalized spacial score (nSPS) is 14.7. The molecule has 1 unspecified atom stereocenters. The van der Waals surface area contributed by atoms with Crippen LogP contribution in [-0.4, -0.2) is 74.6 Å². The molecule has 1 aromatic carbocycles. The number of carbonyl (C=O) groups excluding carboxylic acids is 1. The van der Waals surface area contributed by atoms with E-state index in [1.165, 1.54) is 0 Å². The molecular weight excluding hydrogens is 503 g/mol. The van der Waals surface area contributed by atoms with Crippen molar-refractivity contribution >= 4 is 41.2 Å². The van der Waals surface area contributed by atoms with E-state index in [-0.39, 0.29) is 19.1 Å². The Kier molecular flexibility index (Phi) is 10.7. The number of nitrogens with zero attached hydrogens (tertiary/aromatic N) is 5. The average molecular weight is 543 g/mol. The molecule has 3 rings (SSSR count). The maximum absolute atomic E-state index is 13.8. The summed E-state index contributed by atoms with van der Waals surface area (Å²) >= 11 is 6.78. The van der Waals surface area contributed by atoms with Crippen LogP contribution in [0.1, 0.15) is 43.9 Å². The largest absolute Gasteiger partial charge is 0.352 e. The Labute approximate surface area is 231 Å². The van der Waals surface area contributed by atoms with E-state index >= 15 is 0 Å². The van der Waals surface area contributed by atoms with E-state index in [9.17, 15) is 9.18 Å². The second-order valence-electron chi connectivity index (χ2n) is 9.50. The van der Waals surface area contributed by atoms with E-state index in [1.54, 1.807) is 16.8 Å². The van der Waals surface area contributed by atoms with Crippen LogP contribution < -0.4 is 15.1 Å². The van der Waals surface area contributed by atoms with Crippen molar-refractivity contribution in [3.63, 3.8) is 0 Å². The highest BCUT2D eigenvalue weighted by Crippen LogP contribution is 2.38. The van der Waals surface area contributed by atoms with Gasteiger partial charge in [-0.05, 0) is 50.4 Å². The number of rotatable bonds is 13. The Hall–Kier alpha value is -2.97. The maximum Gasteiger partial charge on any atom is 0.219 e. The Balaban J connectivity index is 2.29. The molecular formula is C29H40ClFN6O. The lowest BCUT2D eigenvalue weighted by Gasteiger charge is -2.38. The van der Waals surface area contributed by atoms with Crippen molar-refractivity contribution in [2.45, 2.75) is 52.2 Å². The molecule has 9 heteroatoms. The molecule has 2 heterocycles. The number of aliphatic imine (C=N–C) groups is 1. The first-order valence-electron chi connectivity index (χ1n) is 13.3. The van der Waals surface area contributed by atoms with Crippen LogP contribution in [0.2, 0.25) is 5.02 Å². The third-order valence-corrected chi connectivity index (χ3v) is 7.22. The highest BCUT2D eigenvalue weighted by Gasteiger charge is 2.33. The number of nitrogens with one attached hydrogen (secondary N) is 1. The third kappa shape index (κ3) is 6.18. The van der Waals surface area contributed by atoms with E-state index in [4.69, 9.17) is 21.6 Å². The monoisotopic (exact) mass is 542 g/mol. The second kappa shape index (κ2) is 13.7. The summed E-state index contributed by atoms with van der Waals surface area (Å²) in [6, 6.07) is 7.99. The van der Waals surface area contributed by atoms with Crippen molar-refractivity contribution in [1.29, 1.82) is 0 Å². The number of para-hydroxylation sites is 1. The number of alkyl halides is 1. The third-order valence-electron chi connectivity index (χ3n) is 6.94. The number of amides is 1. The number of benzene rings is 1. The van der Waals surface area contributed by atoms with Gasteiger partial charge in [-0.25, -0.2) is 9.37 Å². The fourth-order valence-corrected chi connectivity index (χ4v) is 5.22. The SMILES string of the molecule is C=CCCN(/C(=N/C)c1cc(Cl)c(N2CC(F)C2)nc1N(C=O)c1c(CC)cccc1CC)C(C)CNC. The van der Waals surface area contributed by atoms with Gasteiger partial charge in [0.05, 0.1) is 29.4 Å². The first-order valence-corrected chi connectivity index (χ1v) is 13.7. The van der Waals surface area contributed by atoms with E-state index in [1.807, 2.05) is 37.4 Å². The zero-order valence-corrected chi connectivity index (χ0v) is 23.9. The highest BCUT2D eigenvalue weighted by atomic mass is 35.5. The molecule has 0 spiro atoms. The van der Waals surface area contributed by atoms with Gasteiger partial charge in [0.15, 0.2) is 5.82 Å².